The summed E-state index contributed by atoms with van der Waals surface area (Å²) in [5.74, 6) is 0.656. The number of para-hydroxylation sites is 1. The molecule has 0 spiro atoms. The molecule has 1 aromatic carbocycles. The van der Waals surface area contributed by atoms with Gasteiger partial charge < -0.3 is 16.0 Å². The van der Waals surface area contributed by atoms with Crippen LogP contribution in [-0.4, -0.2) is 32.0 Å². The topological polar surface area (TPSA) is 70.2 Å². The first kappa shape index (κ1) is 16.5. The zero-order valence-electron chi connectivity index (χ0n) is 13.3. The van der Waals surface area contributed by atoms with Gasteiger partial charge in [0.05, 0.1) is 11.3 Å². The minimum atomic E-state index is -0.194. The summed E-state index contributed by atoms with van der Waals surface area (Å²) in [7, 11) is 1.58. The third kappa shape index (κ3) is 4.31. The molecule has 0 aromatic heterocycles. The van der Waals surface area contributed by atoms with E-state index in [1.807, 2.05) is 6.07 Å². The zero-order chi connectivity index (χ0) is 15.9. The highest BCUT2D eigenvalue weighted by Crippen LogP contribution is 2.23. The van der Waals surface area contributed by atoms with Gasteiger partial charge in [0.2, 0.25) is 5.91 Å². The van der Waals surface area contributed by atoms with Crippen LogP contribution in [-0.2, 0) is 4.79 Å². The molecule has 0 saturated carbocycles. The molecule has 0 radical (unpaired) electrons. The van der Waals surface area contributed by atoms with Crippen molar-refractivity contribution in [2.24, 2.45) is 11.8 Å². The van der Waals surface area contributed by atoms with Crippen molar-refractivity contribution in [2.75, 3.05) is 25.5 Å². The molecule has 2 amide bonds. The van der Waals surface area contributed by atoms with Crippen molar-refractivity contribution in [3.63, 3.8) is 0 Å². The Hall–Kier alpha value is -1.88. The van der Waals surface area contributed by atoms with Crippen molar-refractivity contribution < 1.29 is 9.59 Å². The number of anilines is 1. The van der Waals surface area contributed by atoms with Gasteiger partial charge in [0.1, 0.15) is 0 Å². The van der Waals surface area contributed by atoms with Crippen LogP contribution in [0.4, 0.5) is 5.69 Å². The van der Waals surface area contributed by atoms with Crippen LogP contribution in [0.25, 0.3) is 0 Å². The second kappa shape index (κ2) is 7.94. The van der Waals surface area contributed by atoms with Crippen LogP contribution in [0.5, 0.6) is 0 Å². The number of rotatable bonds is 5. The standard InChI is InChI=1S/C17H25N3O2/c1-12(13-6-5-9-19-11-13)10-16(21)20-15-8-4-3-7-14(15)17(22)18-2/h3-4,7-8,12-13,19H,5-6,9-11H2,1-2H3,(H,18,22)(H,20,21). The van der Waals surface area contributed by atoms with E-state index in [2.05, 4.69) is 22.9 Å². The molecule has 0 aliphatic carbocycles. The second-order valence-corrected chi connectivity index (χ2v) is 5.96. The van der Waals surface area contributed by atoms with Gasteiger partial charge >= 0.3 is 0 Å². The van der Waals surface area contributed by atoms with Gasteiger partial charge in [-0.15, -0.1) is 0 Å². The summed E-state index contributed by atoms with van der Waals surface area (Å²) in [4.78, 5) is 24.1. The van der Waals surface area contributed by atoms with Crippen molar-refractivity contribution >= 4 is 17.5 Å². The normalized spacial score (nSPS) is 19.3. The average molecular weight is 303 g/mol. The van der Waals surface area contributed by atoms with Crippen LogP contribution in [0.15, 0.2) is 24.3 Å². The van der Waals surface area contributed by atoms with E-state index in [0.29, 0.717) is 29.5 Å². The molecule has 1 aliphatic heterocycles. The van der Waals surface area contributed by atoms with Gasteiger partial charge in [-0.25, -0.2) is 0 Å². The van der Waals surface area contributed by atoms with Crippen LogP contribution < -0.4 is 16.0 Å². The molecule has 22 heavy (non-hydrogen) atoms. The maximum Gasteiger partial charge on any atom is 0.253 e. The summed E-state index contributed by atoms with van der Waals surface area (Å²) in [6, 6.07) is 7.07. The third-order valence-corrected chi connectivity index (χ3v) is 4.32. The van der Waals surface area contributed by atoms with Gasteiger partial charge in [-0.3, -0.25) is 9.59 Å². The summed E-state index contributed by atoms with van der Waals surface area (Å²) < 4.78 is 0. The van der Waals surface area contributed by atoms with Crippen molar-refractivity contribution in [1.29, 1.82) is 0 Å². The average Bonchev–Trinajstić information content (AvgIpc) is 2.55. The molecule has 2 rings (SSSR count). The Morgan fingerprint density at radius 1 is 1.36 bits per heavy atom. The number of hydrogen-bond donors (Lipinski definition) is 3. The Kier molecular flexibility index (Phi) is 5.95. The molecule has 1 heterocycles. The maximum absolute atomic E-state index is 12.3. The summed E-state index contributed by atoms with van der Waals surface area (Å²) in [6.07, 6.45) is 2.83. The molecule has 2 atom stereocenters. The van der Waals surface area contributed by atoms with E-state index in [9.17, 15) is 9.59 Å². The van der Waals surface area contributed by atoms with Crippen molar-refractivity contribution in [3.05, 3.63) is 29.8 Å². The lowest BCUT2D eigenvalue weighted by Crippen LogP contribution is -2.34. The quantitative estimate of drug-likeness (QED) is 0.779. The van der Waals surface area contributed by atoms with E-state index in [-0.39, 0.29) is 11.8 Å². The van der Waals surface area contributed by atoms with Gasteiger partial charge in [-0.05, 0) is 49.9 Å². The fourth-order valence-electron chi connectivity index (χ4n) is 2.95. The number of carbonyl (C=O) groups excluding carboxylic acids is 2. The van der Waals surface area contributed by atoms with Crippen molar-refractivity contribution in [2.45, 2.75) is 26.2 Å². The highest BCUT2D eigenvalue weighted by molar-refractivity contribution is 6.03. The number of benzene rings is 1. The molecule has 5 heteroatoms. The monoisotopic (exact) mass is 303 g/mol. The van der Waals surface area contributed by atoms with Crippen LogP contribution in [0, 0.1) is 11.8 Å². The van der Waals surface area contributed by atoms with Gasteiger partial charge in [0.15, 0.2) is 0 Å². The summed E-state index contributed by atoms with van der Waals surface area (Å²) in [5.41, 5.74) is 1.06. The lowest BCUT2D eigenvalue weighted by molar-refractivity contribution is -0.117. The third-order valence-electron chi connectivity index (χ3n) is 4.32. The van der Waals surface area contributed by atoms with Gasteiger partial charge in [0, 0.05) is 13.5 Å². The van der Waals surface area contributed by atoms with Gasteiger partial charge in [-0.2, -0.15) is 0 Å². The molecule has 5 nitrogen and oxygen atoms in total. The van der Waals surface area contributed by atoms with Crippen molar-refractivity contribution in [1.82, 2.24) is 10.6 Å². The highest BCUT2D eigenvalue weighted by atomic mass is 16.2. The van der Waals surface area contributed by atoms with Crippen LogP contribution in [0.2, 0.25) is 0 Å². The number of nitrogens with one attached hydrogen (secondary N) is 3. The minimum absolute atomic E-state index is 0.0329. The molecule has 1 aliphatic rings. The van der Waals surface area contributed by atoms with E-state index < -0.39 is 0 Å². The minimum Gasteiger partial charge on any atom is -0.355 e. The van der Waals surface area contributed by atoms with E-state index in [1.54, 1.807) is 25.2 Å². The zero-order valence-corrected chi connectivity index (χ0v) is 13.3. The molecular formula is C17H25N3O2. The number of carbonyl (C=O) groups is 2. The Morgan fingerprint density at radius 3 is 2.82 bits per heavy atom. The van der Waals surface area contributed by atoms with E-state index in [1.165, 1.54) is 12.8 Å². The molecular weight excluding hydrogens is 278 g/mol. The smallest absolute Gasteiger partial charge is 0.253 e. The largest absolute Gasteiger partial charge is 0.355 e. The molecule has 1 aromatic rings. The molecule has 3 N–H and O–H groups in total. The molecule has 2 unspecified atom stereocenters. The Labute approximate surface area is 131 Å². The summed E-state index contributed by atoms with van der Waals surface area (Å²) in [6.45, 7) is 4.19. The van der Waals surface area contributed by atoms with Crippen LogP contribution in [0.3, 0.4) is 0 Å². The fraction of sp³-hybridized carbons (Fsp3) is 0.529. The number of amides is 2. The molecule has 1 fully saturated rings. The second-order valence-electron chi connectivity index (χ2n) is 5.96. The first-order valence-corrected chi connectivity index (χ1v) is 7.93. The summed E-state index contributed by atoms with van der Waals surface area (Å²) in [5, 5.41) is 8.85. The number of hydrogen-bond acceptors (Lipinski definition) is 3. The fourth-order valence-corrected chi connectivity index (χ4v) is 2.95. The lowest BCUT2D eigenvalue weighted by atomic mass is 9.85. The first-order chi connectivity index (χ1) is 10.6. The SMILES string of the molecule is CNC(=O)c1ccccc1NC(=O)CC(C)C1CCCNC1. The molecule has 0 bridgehead atoms. The Morgan fingerprint density at radius 2 is 2.14 bits per heavy atom. The first-order valence-electron chi connectivity index (χ1n) is 7.93. The van der Waals surface area contributed by atoms with E-state index >= 15 is 0 Å². The Bertz CT molecular complexity index is 524. The van der Waals surface area contributed by atoms with Crippen LogP contribution >= 0.6 is 0 Å². The lowest BCUT2D eigenvalue weighted by Gasteiger charge is -2.28. The summed E-state index contributed by atoms with van der Waals surface area (Å²) >= 11 is 0. The van der Waals surface area contributed by atoms with E-state index in [0.717, 1.165) is 13.1 Å². The highest BCUT2D eigenvalue weighted by Gasteiger charge is 2.22. The maximum atomic E-state index is 12.3. The predicted molar refractivity (Wildman–Crippen MR) is 87.8 cm³/mol. The van der Waals surface area contributed by atoms with Gasteiger partial charge in [0.25, 0.3) is 5.91 Å². The molecule has 120 valence electrons. The Balaban J connectivity index is 1.95. The number of piperidine rings is 1. The predicted octanol–water partition coefficient (Wildman–Crippen LogP) is 2.01. The van der Waals surface area contributed by atoms with Crippen molar-refractivity contribution in [3.8, 4) is 0 Å². The molecule has 1 saturated heterocycles. The van der Waals surface area contributed by atoms with E-state index in [4.69, 9.17) is 0 Å². The van der Waals surface area contributed by atoms with Gasteiger partial charge in [-0.1, -0.05) is 19.1 Å². The van der Waals surface area contributed by atoms with Crippen LogP contribution in [0.1, 0.15) is 36.5 Å².